The summed E-state index contributed by atoms with van der Waals surface area (Å²) in [5, 5.41) is 5.69. The number of rotatable bonds is 6. The molecular weight excluding hydrogens is 276 g/mol. The quantitative estimate of drug-likeness (QED) is 0.803. The second kappa shape index (κ2) is 8.08. The van der Waals surface area contributed by atoms with Gasteiger partial charge in [0.15, 0.2) is 0 Å². The minimum atomic E-state index is -0.191. The zero-order valence-corrected chi connectivity index (χ0v) is 13.0. The van der Waals surface area contributed by atoms with E-state index in [-0.39, 0.29) is 12.1 Å². The van der Waals surface area contributed by atoms with E-state index in [9.17, 15) is 4.79 Å². The molecule has 0 aliphatic rings. The van der Waals surface area contributed by atoms with E-state index in [4.69, 9.17) is 4.74 Å². The summed E-state index contributed by atoms with van der Waals surface area (Å²) in [7, 11) is 0. The maximum absolute atomic E-state index is 11.8. The molecule has 2 aromatic carbocycles. The number of carbonyl (C=O) groups is 1. The Bertz CT molecular complexity index is 599. The fraction of sp³-hybridized carbons (Fsp3) is 0.278. The van der Waals surface area contributed by atoms with Crippen molar-refractivity contribution in [1.82, 2.24) is 10.6 Å². The summed E-state index contributed by atoms with van der Waals surface area (Å²) in [6.07, 6.45) is 0. The minimum Gasteiger partial charge on any atom is -0.492 e. The summed E-state index contributed by atoms with van der Waals surface area (Å²) < 4.78 is 5.58. The van der Waals surface area contributed by atoms with E-state index < -0.39 is 0 Å². The number of hydrogen-bond donors (Lipinski definition) is 2. The summed E-state index contributed by atoms with van der Waals surface area (Å²) in [5.74, 6) is 0.819. The number of amides is 2. The third-order valence-electron chi connectivity index (χ3n) is 3.29. The van der Waals surface area contributed by atoms with E-state index in [0.717, 1.165) is 16.9 Å². The van der Waals surface area contributed by atoms with Crippen LogP contribution in [0.4, 0.5) is 4.79 Å². The van der Waals surface area contributed by atoms with Gasteiger partial charge in [-0.2, -0.15) is 0 Å². The van der Waals surface area contributed by atoms with Crippen molar-refractivity contribution in [3.63, 3.8) is 0 Å². The van der Waals surface area contributed by atoms with Crippen LogP contribution in [0.3, 0.4) is 0 Å². The van der Waals surface area contributed by atoms with Gasteiger partial charge < -0.3 is 15.4 Å². The number of ether oxygens (including phenoxy) is 1. The highest BCUT2D eigenvalue weighted by molar-refractivity contribution is 5.74. The number of nitrogens with one attached hydrogen (secondary N) is 2. The third kappa shape index (κ3) is 5.13. The highest BCUT2D eigenvalue weighted by Crippen LogP contribution is 2.12. The van der Waals surface area contributed by atoms with Crippen molar-refractivity contribution in [1.29, 1.82) is 0 Å². The first-order valence-electron chi connectivity index (χ1n) is 7.44. The molecule has 0 aliphatic heterocycles. The van der Waals surface area contributed by atoms with E-state index in [1.807, 2.05) is 68.4 Å². The van der Waals surface area contributed by atoms with Crippen LogP contribution in [0.5, 0.6) is 5.75 Å². The second-order valence-corrected chi connectivity index (χ2v) is 5.20. The maximum Gasteiger partial charge on any atom is 0.315 e. The molecule has 4 nitrogen and oxygen atoms in total. The van der Waals surface area contributed by atoms with Gasteiger partial charge in [-0.15, -0.1) is 0 Å². The van der Waals surface area contributed by atoms with Gasteiger partial charge in [-0.05, 0) is 37.1 Å². The van der Waals surface area contributed by atoms with Gasteiger partial charge >= 0.3 is 6.03 Å². The molecule has 4 heteroatoms. The van der Waals surface area contributed by atoms with Gasteiger partial charge in [0.05, 0.1) is 12.6 Å². The van der Waals surface area contributed by atoms with Crippen molar-refractivity contribution in [2.24, 2.45) is 0 Å². The van der Waals surface area contributed by atoms with Gasteiger partial charge in [-0.3, -0.25) is 0 Å². The topological polar surface area (TPSA) is 50.4 Å². The Morgan fingerprint density at radius 2 is 1.91 bits per heavy atom. The molecule has 0 fully saturated rings. The van der Waals surface area contributed by atoms with Crippen LogP contribution in [-0.4, -0.2) is 19.2 Å². The molecular formula is C18H22N2O2. The summed E-state index contributed by atoms with van der Waals surface area (Å²) in [6.45, 7) is 4.87. The van der Waals surface area contributed by atoms with Crippen LogP contribution in [0.2, 0.25) is 0 Å². The van der Waals surface area contributed by atoms with Crippen molar-refractivity contribution >= 4 is 6.03 Å². The van der Waals surface area contributed by atoms with Gasteiger partial charge in [0.25, 0.3) is 0 Å². The predicted octanol–water partition coefficient (Wildman–Crippen LogP) is 3.43. The Morgan fingerprint density at radius 1 is 1.14 bits per heavy atom. The van der Waals surface area contributed by atoms with E-state index >= 15 is 0 Å². The first-order valence-corrected chi connectivity index (χ1v) is 7.44. The highest BCUT2D eigenvalue weighted by atomic mass is 16.5. The molecule has 0 saturated heterocycles. The SMILES string of the molecule is Cc1cccc(OCCNC(=O)N[C@H](C)c2ccccc2)c1. The summed E-state index contributed by atoms with van der Waals surface area (Å²) >= 11 is 0. The van der Waals surface area contributed by atoms with Crippen molar-refractivity contribution in [3.05, 3.63) is 65.7 Å². The standard InChI is InChI=1S/C18H22N2O2/c1-14-7-6-10-17(13-14)22-12-11-19-18(21)20-15(2)16-8-4-3-5-9-16/h3-10,13,15H,11-12H2,1-2H3,(H2,19,20,21)/t15-/m1/s1. The van der Waals surface area contributed by atoms with Crippen molar-refractivity contribution in [3.8, 4) is 5.75 Å². The van der Waals surface area contributed by atoms with Crippen LogP contribution in [0.25, 0.3) is 0 Å². The highest BCUT2D eigenvalue weighted by Gasteiger charge is 2.08. The Labute approximate surface area is 131 Å². The molecule has 1 atom stereocenters. The molecule has 0 bridgehead atoms. The van der Waals surface area contributed by atoms with E-state index in [1.165, 1.54) is 0 Å². The Hall–Kier alpha value is -2.49. The summed E-state index contributed by atoms with van der Waals surface area (Å²) in [6, 6.07) is 17.5. The van der Waals surface area contributed by atoms with Crippen molar-refractivity contribution in [2.45, 2.75) is 19.9 Å². The molecule has 2 aromatic rings. The minimum absolute atomic E-state index is 0.0288. The molecule has 116 valence electrons. The molecule has 0 unspecified atom stereocenters. The van der Waals surface area contributed by atoms with E-state index in [0.29, 0.717) is 13.2 Å². The van der Waals surface area contributed by atoms with E-state index in [1.54, 1.807) is 0 Å². The molecule has 0 aromatic heterocycles. The van der Waals surface area contributed by atoms with Crippen LogP contribution in [0.15, 0.2) is 54.6 Å². The van der Waals surface area contributed by atoms with Crippen molar-refractivity contribution in [2.75, 3.05) is 13.2 Å². The molecule has 0 spiro atoms. The lowest BCUT2D eigenvalue weighted by atomic mass is 10.1. The lowest BCUT2D eigenvalue weighted by molar-refractivity contribution is 0.233. The van der Waals surface area contributed by atoms with Crippen LogP contribution < -0.4 is 15.4 Å². The number of hydrogen-bond acceptors (Lipinski definition) is 2. The lowest BCUT2D eigenvalue weighted by Crippen LogP contribution is -2.38. The van der Waals surface area contributed by atoms with Crippen molar-refractivity contribution < 1.29 is 9.53 Å². The van der Waals surface area contributed by atoms with Crippen LogP contribution in [0, 0.1) is 6.92 Å². The van der Waals surface area contributed by atoms with Gasteiger partial charge in [0, 0.05) is 0 Å². The van der Waals surface area contributed by atoms with Gasteiger partial charge in [-0.1, -0.05) is 42.5 Å². The molecule has 2 amide bonds. The molecule has 0 aliphatic carbocycles. The summed E-state index contributed by atoms with van der Waals surface area (Å²) in [4.78, 5) is 11.8. The predicted molar refractivity (Wildman–Crippen MR) is 88.1 cm³/mol. The number of carbonyl (C=O) groups excluding carboxylic acids is 1. The van der Waals surface area contributed by atoms with Gasteiger partial charge in [-0.25, -0.2) is 4.79 Å². The normalized spacial score (nSPS) is 11.5. The molecule has 22 heavy (non-hydrogen) atoms. The third-order valence-corrected chi connectivity index (χ3v) is 3.29. The first kappa shape index (κ1) is 15.9. The zero-order chi connectivity index (χ0) is 15.8. The maximum atomic E-state index is 11.8. The fourth-order valence-corrected chi connectivity index (χ4v) is 2.11. The Morgan fingerprint density at radius 3 is 2.64 bits per heavy atom. The van der Waals surface area contributed by atoms with Crippen LogP contribution in [-0.2, 0) is 0 Å². The van der Waals surface area contributed by atoms with Crippen LogP contribution >= 0.6 is 0 Å². The molecule has 2 rings (SSSR count). The van der Waals surface area contributed by atoms with Gasteiger partial charge in [0.1, 0.15) is 12.4 Å². The molecule has 0 radical (unpaired) electrons. The smallest absolute Gasteiger partial charge is 0.315 e. The monoisotopic (exact) mass is 298 g/mol. The largest absolute Gasteiger partial charge is 0.492 e. The molecule has 0 heterocycles. The fourth-order valence-electron chi connectivity index (χ4n) is 2.11. The van der Waals surface area contributed by atoms with E-state index in [2.05, 4.69) is 10.6 Å². The number of urea groups is 1. The average molecular weight is 298 g/mol. The Kier molecular flexibility index (Phi) is 5.83. The molecule has 0 saturated carbocycles. The number of benzene rings is 2. The zero-order valence-electron chi connectivity index (χ0n) is 13.0. The number of aryl methyl sites for hydroxylation is 1. The summed E-state index contributed by atoms with van der Waals surface area (Å²) in [5.41, 5.74) is 2.23. The van der Waals surface area contributed by atoms with Gasteiger partial charge in [0.2, 0.25) is 0 Å². The first-order chi connectivity index (χ1) is 10.6. The molecule has 2 N–H and O–H groups in total. The van der Waals surface area contributed by atoms with Crippen LogP contribution in [0.1, 0.15) is 24.1 Å². The second-order valence-electron chi connectivity index (χ2n) is 5.20. The Balaban J connectivity index is 1.68. The average Bonchev–Trinajstić information content (AvgIpc) is 2.52. The lowest BCUT2D eigenvalue weighted by Gasteiger charge is -2.15.